The lowest BCUT2D eigenvalue weighted by molar-refractivity contribution is 0.0888. The second-order valence-corrected chi connectivity index (χ2v) is 9.31. The molecule has 0 aliphatic carbocycles. The molecule has 1 aromatic carbocycles. The summed E-state index contributed by atoms with van der Waals surface area (Å²) < 4.78 is 3.55. The normalized spacial score (nSPS) is 15.2. The van der Waals surface area contributed by atoms with E-state index in [1.807, 2.05) is 24.4 Å². The summed E-state index contributed by atoms with van der Waals surface area (Å²) in [6.45, 7) is 0.725. The van der Waals surface area contributed by atoms with E-state index < -0.39 is 11.6 Å². The SMILES string of the molecule is N#CCC1(n2cc(-c3cnc4ncc(Cc5ccc6ncccc6c5)n4n3)cn2)CCN(C(=O)O)CC1. The molecule has 0 bridgehead atoms. The molecule has 11 nitrogen and oxygen atoms in total. The molecule has 4 aromatic heterocycles. The maximum atomic E-state index is 11.3. The van der Waals surface area contributed by atoms with Crippen molar-refractivity contribution in [3.63, 3.8) is 0 Å². The van der Waals surface area contributed by atoms with Gasteiger partial charge < -0.3 is 10.0 Å². The van der Waals surface area contributed by atoms with E-state index in [9.17, 15) is 15.2 Å². The van der Waals surface area contributed by atoms with E-state index in [0.717, 1.165) is 27.7 Å². The zero-order valence-corrected chi connectivity index (χ0v) is 19.9. The summed E-state index contributed by atoms with van der Waals surface area (Å²) in [5, 5.41) is 29.2. The number of rotatable bonds is 5. The number of benzene rings is 1. The zero-order chi connectivity index (χ0) is 25.4. The number of pyridine rings is 1. The molecule has 1 amide bonds. The van der Waals surface area contributed by atoms with E-state index in [0.29, 0.717) is 43.8 Å². The van der Waals surface area contributed by atoms with Gasteiger partial charge in [0.05, 0.1) is 47.8 Å². The first-order valence-electron chi connectivity index (χ1n) is 12.0. The predicted molar refractivity (Wildman–Crippen MR) is 134 cm³/mol. The van der Waals surface area contributed by atoms with Crippen molar-refractivity contribution in [2.45, 2.75) is 31.2 Å². The Morgan fingerprint density at radius 3 is 2.76 bits per heavy atom. The van der Waals surface area contributed by atoms with Crippen LogP contribution in [0.5, 0.6) is 0 Å². The number of carbonyl (C=O) groups is 1. The van der Waals surface area contributed by atoms with Crippen LogP contribution in [0.4, 0.5) is 4.79 Å². The molecule has 0 unspecified atom stereocenters. The van der Waals surface area contributed by atoms with E-state index in [1.165, 1.54) is 4.90 Å². The number of likely N-dealkylation sites (tertiary alicyclic amines) is 1. The number of amides is 1. The lowest BCUT2D eigenvalue weighted by atomic mass is 9.85. The quantitative estimate of drug-likeness (QED) is 0.392. The lowest BCUT2D eigenvalue weighted by Gasteiger charge is -2.39. The summed E-state index contributed by atoms with van der Waals surface area (Å²) in [4.78, 5) is 26.0. The number of aromatic nitrogens is 7. The molecule has 1 aliphatic heterocycles. The van der Waals surface area contributed by atoms with Crippen LogP contribution in [0, 0.1) is 11.3 Å². The summed E-state index contributed by atoms with van der Waals surface area (Å²) in [5.41, 5.74) is 3.82. The fourth-order valence-corrected chi connectivity index (χ4v) is 4.98. The summed E-state index contributed by atoms with van der Waals surface area (Å²) >= 11 is 0. The summed E-state index contributed by atoms with van der Waals surface area (Å²) in [6, 6.07) is 12.4. The monoisotopic (exact) mass is 493 g/mol. The average Bonchev–Trinajstić information content (AvgIpc) is 3.57. The van der Waals surface area contributed by atoms with Gasteiger partial charge in [-0.2, -0.15) is 15.5 Å². The highest BCUT2D eigenvalue weighted by Gasteiger charge is 2.38. The molecule has 5 aromatic rings. The Morgan fingerprint density at radius 2 is 1.95 bits per heavy atom. The van der Waals surface area contributed by atoms with Crippen LogP contribution in [0.1, 0.15) is 30.5 Å². The average molecular weight is 494 g/mol. The van der Waals surface area contributed by atoms with Crippen LogP contribution in [0.25, 0.3) is 27.9 Å². The first kappa shape index (κ1) is 22.6. The maximum absolute atomic E-state index is 11.3. The van der Waals surface area contributed by atoms with Crippen molar-refractivity contribution in [2.75, 3.05) is 13.1 Å². The van der Waals surface area contributed by atoms with Crippen LogP contribution in [-0.2, 0) is 12.0 Å². The molecule has 11 heteroatoms. The standard InChI is InChI=1S/C26H23N9O2/c27-8-5-26(6-10-33(11-7-26)25(36)37)34-17-20(14-31-34)23-16-30-24-29-15-21(35(24)32-23)13-18-3-4-22-19(12-18)2-1-9-28-22/h1-4,9,12,14-17H,5-7,10-11,13H2,(H,36,37). The molecule has 0 spiro atoms. The molecule has 0 atom stereocenters. The Labute approximate surface area is 211 Å². The predicted octanol–water partition coefficient (Wildman–Crippen LogP) is 3.51. The van der Waals surface area contributed by atoms with Crippen LogP contribution >= 0.6 is 0 Å². The van der Waals surface area contributed by atoms with Gasteiger partial charge in [-0.3, -0.25) is 9.67 Å². The second kappa shape index (κ2) is 8.98. The van der Waals surface area contributed by atoms with Crippen LogP contribution in [0.2, 0.25) is 0 Å². The molecule has 5 heterocycles. The minimum Gasteiger partial charge on any atom is -0.465 e. The van der Waals surface area contributed by atoms with Crippen molar-refractivity contribution >= 4 is 22.8 Å². The Balaban J connectivity index is 1.29. The molecule has 1 fully saturated rings. The van der Waals surface area contributed by atoms with Gasteiger partial charge in [-0.1, -0.05) is 12.1 Å². The Bertz CT molecular complexity index is 1660. The van der Waals surface area contributed by atoms with Crippen LogP contribution < -0.4 is 0 Å². The third-order valence-electron chi connectivity index (χ3n) is 7.09. The van der Waals surface area contributed by atoms with Gasteiger partial charge in [-0.25, -0.2) is 19.3 Å². The van der Waals surface area contributed by atoms with Crippen molar-refractivity contribution in [1.82, 2.24) is 39.2 Å². The number of carboxylic acid groups (broad SMARTS) is 1. The second-order valence-electron chi connectivity index (χ2n) is 9.31. The molecule has 184 valence electrons. The number of imidazole rings is 1. The highest BCUT2D eigenvalue weighted by Crippen LogP contribution is 2.34. The smallest absolute Gasteiger partial charge is 0.407 e. The molecular weight excluding hydrogens is 470 g/mol. The number of fused-ring (bicyclic) bond motifs is 2. The van der Waals surface area contributed by atoms with E-state index in [1.54, 1.807) is 34.0 Å². The number of nitriles is 1. The summed E-state index contributed by atoms with van der Waals surface area (Å²) in [6.07, 6.45) is 9.81. The van der Waals surface area contributed by atoms with E-state index in [4.69, 9.17) is 5.10 Å². The number of piperidine rings is 1. The van der Waals surface area contributed by atoms with Crippen LogP contribution in [0.3, 0.4) is 0 Å². The van der Waals surface area contributed by atoms with Gasteiger partial charge in [0, 0.05) is 42.9 Å². The molecule has 6 rings (SSSR count). The third kappa shape index (κ3) is 4.12. The Hall–Kier alpha value is -4.85. The molecule has 1 saturated heterocycles. The highest BCUT2D eigenvalue weighted by atomic mass is 16.4. The minimum atomic E-state index is -0.938. The molecule has 0 radical (unpaired) electrons. The molecule has 0 saturated carbocycles. The van der Waals surface area contributed by atoms with Crippen LogP contribution in [0.15, 0.2) is 61.3 Å². The van der Waals surface area contributed by atoms with Crippen LogP contribution in [-0.4, -0.2) is 63.5 Å². The fraction of sp³-hybridized carbons (Fsp3) is 0.269. The van der Waals surface area contributed by atoms with E-state index >= 15 is 0 Å². The van der Waals surface area contributed by atoms with Crippen molar-refractivity contribution in [2.24, 2.45) is 0 Å². The molecule has 1 N–H and O–H groups in total. The minimum absolute atomic E-state index is 0.249. The number of nitrogens with zero attached hydrogens (tertiary/aromatic N) is 9. The lowest BCUT2D eigenvalue weighted by Crippen LogP contribution is -2.47. The highest BCUT2D eigenvalue weighted by molar-refractivity contribution is 5.79. The van der Waals surface area contributed by atoms with Gasteiger partial charge in [0.15, 0.2) is 0 Å². The van der Waals surface area contributed by atoms with Gasteiger partial charge in [0.1, 0.15) is 5.69 Å². The van der Waals surface area contributed by atoms with E-state index in [2.05, 4.69) is 38.3 Å². The Kier molecular flexibility index (Phi) is 5.49. The molecule has 1 aliphatic rings. The Morgan fingerprint density at radius 1 is 1.11 bits per heavy atom. The van der Waals surface area contributed by atoms with Gasteiger partial charge in [-0.15, -0.1) is 0 Å². The van der Waals surface area contributed by atoms with E-state index in [-0.39, 0.29) is 6.42 Å². The summed E-state index contributed by atoms with van der Waals surface area (Å²) in [7, 11) is 0. The first-order chi connectivity index (χ1) is 18.0. The molecular formula is C26H23N9O2. The third-order valence-corrected chi connectivity index (χ3v) is 7.09. The van der Waals surface area contributed by atoms with Gasteiger partial charge >= 0.3 is 6.09 Å². The molecule has 37 heavy (non-hydrogen) atoms. The van der Waals surface area contributed by atoms with Crippen molar-refractivity contribution in [1.29, 1.82) is 5.26 Å². The van der Waals surface area contributed by atoms with Gasteiger partial charge in [0.25, 0.3) is 5.78 Å². The largest absolute Gasteiger partial charge is 0.465 e. The number of hydrogen-bond donors (Lipinski definition) is 1. The zero-order valence-electron chi connectivity index (χ0n) is 19.9. The van der Waals surface area contributed by atoms with Crippen molar-refractivity contribution < 1.29 is 9.90 Å². The number of hydrogen-bond acceptors (Lipinski definition) is 7. The fourth-order valence-electron chi connectivity index (χ4n) is 4.98. The summed E-state index contributed by atoms with van der Waals surface area (Å²) in [5.74, 6) is 0.510. The maximum Gasteiger partial charge on any atom is 0.407 e. The first-order valence-corrected chi connectivity index (χ1v) is 12.0. The van der Waals surface area contributed by atoms with Crippen molar-refractivity contribution in [3.8, 4) is 17.3 Å². The van der Waals surface area contributed by atoms with Gasteiger partial charge in [-0.05, 0) is 36.6 Å². The van der Waals surface area contributed by atoms with Crippen molar-refractivity contribution in [3.05, 3.63) is 72.6 Å². The van der Waals surface area contributed by atoms with Gasteiger partial charge in [0.2, 0.25) is 0 Å². The topological polar surface area (TPSA) is 138 Å².